The first-order chi connectivity index (χ1) is 13.7. The van der Waals surface area contributed by atoms with Crippen LogP contribution in [0, 0.1) is 0 Å². The molecular formula is C23H44O5. The summed E-state index contributed by atoms with van der Waals surface area (Å²) in [5.74, 6) is -0.434. The molecule has 0 amide bonds. The molecule has 5 heteroatoms. The molecule has 1 N–H and O–H groups in total. The van der Waals surface area contributed by atoms with Gasteiger partial charge in [-0.05, 0) is 32.1 Å². The third-order valence-corrected chi connectivity index (χ3v) is 4.61. The van der Waals surface area contributed by atoms with Crippen LogP contribution in [0.1, 0.15) is 104 Å². The van der Waals surface area contributed by atoms with Crippen molar-refractivity contribution in [3.8, 4) is 0 Å². The Morgan fingerprint density at radius 3 is 1.89 bits per heavy atom. The molecule has 28 heavy (non-hydrogen) atoms. The summed E-state index contributed by atoms with van der Waals surface area (Å²) < 4.78 is 4.84. The molecule has 5 nitrogen and oxygen atoms in total. The molecule has 0 spiro atoms. The number of carbonyl (C=O) groups is 1. The number of rotatable bonds is 21. The lowest BCUT2D eigenvalue weighted by molar-refractivity contribution is -0.307. The molecule has 0 aliphatic heterocycles. The van der Waals surface area contributed by atoms with E-state index in [0.717, 1.165) is 12.8 Å². The van der Waals surface area contributed by atoms with Gasteiger partial charge in [-0.25, -0.2) is 9.78 Å². The molecule has 0 saturated carbocycles. The van der Waals surface area contributed by atoms with E-state index >= 15 is 0 Å². The number of carbonyl (C=O) groups excluding carboxylic acids is 1. The molecule has 0 aliphatic rings. The first kappa shape index (κ1) is 27.1. The minimum atomic E-state index is -0.655. The molecule has 1 unspecified atom stereocenters. The Labute approximate surface area is 172 Å². The SMILES string of the molecule is CCCCCCCC/C=C\CCCCCCCCOOCC(CO)OC(C)=O. The quantitative estimate of drug-likeness (QED) is 0.0854. The molecular weight excluding hydrogens is 356 g/mol. The highest BCUT2D eigenvalue weighted by Crippen LogP contribution is 2.10. The van der Waals surface area contributed by atoms with Gasteiger partial charge in [0.1, 0.15) is 6.61 Å². The van der Waals surface area contributed by atoms with Crippen LogP contribution in [0.2, 0.25) is 0 Å². The molecule has 0 rings (SSSR count). The summed E-state index contributed by atoms with van der Waals surface area (Å²) in [5, 5.41) is 9.01. The minimum absolute atomic E-state index is 0.0580. The van der Waals surface area contributed by atoms with E-state index in [2.05, 4.69) is 19.1 Å². The summed E-state index contributed by atoms with van der Waals surface area (Å²) in [5.41, 5.74) is 0. The van der Waals surface area contributed by atoms with E-state index in [1.807, 2.05) is 0 Å². The van der Waals surface area contributed by atoms with Crippen LogP contribution >= 0.6 is 0 Å². The highest BCUT2D eigenvalue weighted by Gasteiger charge is 2.11. The zero-order chi connectivity index (χ0) is 20.7. The number of aliphatic hydroxyl groups excluding tert-OH is 1. The average molecular weight is 401 g/mol. The summed E-state index contributed by atoms with van der Waals surface area (Å²) in [6.45, 7) is 3.88. The summed E-state index contributed by atoms with van der Waals surface area (Å²) in [6.07, 6.45) is 21.9. The Bertz CT molecular complexity index is 357. The first-order valence-electron chi connectivity index (χ1n) is 11.4. The van der Waals surface area contributed by atoms with Crippen LogP contribution in [-0.2, 0) is 19.3 Å². The van der Waals surface area contributed by atoms with Crippen LogP contribution < -0.4 is 0 Å². The Hall–Kier alpha value is -0.910. The lowest BCUT2D eigenvalue weighted by Gasteiger charge is -2.13. The van der Waals surface area contributed by atoms with Crippen LogP contribution in [0.5, 0.6) is 0 Å². The molecule has 0 aromatic heterocycles. The molecule has 0 fully saturated rings. The summed E-state index contributed by atoms with van der Waals surface area (Å²) in [6, 6.07) is 0. The van der Waals surface area contributed by atoms with Crippen LogP contribution in [0.25, 0.3) is 0 Å². The van der Waals surface area contributed by atoms with E-state index in [-0.39, 0.29) is 13.2 Å². The molecule has 0 aromatic rings. The van der Waals surface area contributed by atoms with Gasteiger partial charge in [-0.15, -0.1) is 0 Å². The van der Waals surface area contributed by atoms with E-state index in [1.165, 1.54) is 84.0 Å². The van der Waals surface area contributed by atoms with E-state index in [1.54, 1.807) is 0 Å². The van der Waals surface area contributed by atoms with Crippen molar-refractivity contribution in [2.24, 2.45) is 0 Å². The maximum absolute atomic E-state index is 10.8. The summed E-state index contributed by atoms with van der Waals surface area (Å²) >= 11 is 0. The van der Waals surface area contributed by atoms with Gasteiger partial charge in [-0.3, -0.25) is 4.79 Å². The van der Waals surface area contributed by atoms with Crippen molar-refractivity contribution in [2.45, 2.75) is 110 Å². The predicted octanol–water partition coefficient (Wildman–Crippen LogP) is 5.90. The number of allylic oxidation sites excluding steroid dienone is 2. The number of ether oxygens (including phenoxy) is 1. The standard InChI is InChI=1S/C23H44O5/c1-3-4-5-6-7-8-9-10-11-12-13-14-15-16-17-18-19-26-27-21-23(20-24)28-22(2)25/h10-11,23-24H,3-9,12-21H2,1-2H3/b11-10-. The number of unbranched alkanes of at least 4 members (excludes halogenated alkanes) is 12. The lowest BCUT2D eigenvalue weighted by atomic mass is 10.1. The Morgan fingerprint density at radius 1 is 0.821 bits per heavy atom. The van der Waals surface area contributed by atoms with Crippen molar-refractivity contribution in [2.75, 3.05) is 19.8 Å². The first-order valence-corrected chi connectivity index (χ1v) is 11.4. The van der Waals surface area contributed by atoms with Crippen molar-refractivity contribution in [1.82, 2.24) is 0 Å². The molecule has 0 heterocycles. The number of esters is 1. The van der Waals surface area contributed by atoms with Crippen LogP contribution in [0.3, 0.4) is 0 Å². The number of hydrogen-bond donors (Lipinski definition) is 1. The molecule has 166 valence electrons. The second-order valence-electron chi connectivity index (χ2n) is 7.46. The van der Waals surface area contributed by atoms with Crippen LogP contribution in [0.15, 0.2) is 12.2 Å². The van der Waals surface area contributed by atoms with Crippen molar-refractivity contribution in [1.29, 1.82) is 0 Å². The van der Waals surface area contributed by atoms with Crippen molar-refractivity contribution < 1.29 is 24.4 Å². The summed E-state index contributed by atoms with van der Waals surface area (Å²) in [4.78, 5) is 20.8. The van der Waals surface area contributed by atoms with Crippen molar-refractivity contribution >= 4 is 5.97 Å². The van der Waals surface area contributed by atoms with Crippen molar-refractivity contribution in [3.63, 3.8) is 0 Å². The fourth-order valence-corrected chi connectivity index (χ4v) is 2.95. The molecule has 0 aliphatic carbocycles. The van der Waals surface area contributed by atoms with E-state index in [0.29, 0.717) is 6.61 Å². The Morgan fingerprint density at radius 2 is 1.36 bits per heavy atom. The second-order valence-corrected chi connectivity index (χ2v) is 7.46. The molecule has 0 saturated heterocycles. The predicted molar refractivity (Wildman–Crippen MR) is 114 cm³/mol. The normalized spacial score (nSPS) is 12.5. The zero-order valence-electron chi connectivity index (χ0n) is 18.3. The fourth-order valence-electron chi connectivity index (χ4n) is 2.95. The molecule has 0 aromatic carbocycles. The van der Waals surface area contributed by atoms with Gasteiger partial charge in [0, 0.05) is 6.92 Å². The van der Waals surface area contributed by atoms with Gasteiger partial charge in [0.2, 0.25) is 0 Å². The van der Waals surface area contributed by atoms with E-state index in [4.69, 9.17) is 19.6 Å². The van der Waals surface area contributed by atoms with Gasteiger partial charge in [0.05, 0.1) is 13.2 Å². The van der Waals surface area contributed by atoms with Crippen LogP contribution in [-0.4, -0.2) is 37.0 Å². The smallest absolute Gasteiger partial charge is 0.303 e. The van der Waals surface area contributed by atoms with Gasteiger partial charge < -0.3 is 9.84 Å². The molecule has 1 atom stereocenters. The highest BCUT2D eigenvalue weighted by atomic mass is 17.2. The number of hydrogen-bond acceptors (Lipinski definition) is 5. The monoisotopic (exact) mass is 400 g/mol. The number of aliphatic hydroxyl groups is 1. The lowest BCUT2D eigenvalue weighted by Crippen LogP contribution is -2.26. The average Bonchev–Trinajstić information content (AvgIpc) is 2.68. The van der Waals surface area contributed by atoms with Gasteiger partial charge in [0.25, 0.3) is 0 Å². The van der Waals surface area contributed by atoms with Gasteiger partial charge in [-0.1, -0.05) is 76.9 Å². The maximum Gasteiger partial charge on any atom is 0.303 e. The second kappa shape index (κ2) is 22.4. The highest BCUT2D eigenvalue weighted by molar-refractivity contribution is 5.66. The molecule has 0 bridgehead atoms. The Kier molecular flexibility index (Phi) is 21.7. The minimum Gasteiger partial charge on any atom is -0.458 e. The fraction of sp³-hybridized carbons (Fsp3) is 0.870. The third kappa shape index (κ3) is 21.4. The van der Waals surface area contributed by atoms with Gasteiger partial charge in [0.15, 0.2) is 6.10 Å². The van der Waals surface area contributed by atoms with Gasteiger partial charge in [-0.2, -0.15) is 0 Å². The van der Waals surface area contributed by atoms with E-state index < -0.39 is 12.1 Å². The molecule has 0 radical (unpaired) electrons. The summed E-state index contributed by atoms with van der Waals surface area (Å²) in [7, 11) is 0. The van der Waals surface area contributed by atoms with Crippen molar-refractivity contribution in [3.05, 3.63) is 12.2 Å². The maximum atomic E-state index is 10.8. The largest absolute Gasteiger partial charge is 0.458 e. The zero-order valence-corrected chi connectivity index (χ0v) is 18.3. The third-order valence-electron chi connectivity index (χ3n) is 4.61. The van der Waals surface area contributed by atoms with E-state index in [9.17, 15) is 4.79 Å². The topological polar surface area (TPSA) is 65.0 Å². The van der Waals surface area contributed by atoms with Crippen LogP contribution in [0.4, 0.5) is 0 Å². The Balaban J connectivity index is 3.21. The van der Waals surface area contributed by atoms with Gasteiger partial charge >= 0.3 is 5.97 Å².